The van der Waals surface area contributed by atoms with E-state index in [2.05, 4.69) is 5.43 Å². The first-order valence-corrected chi connectivity index (χ1v) is 10.6. The van der Waals surface area contributed by atoms with Gasteiger partial charge in [-0.15, -0.1) is 0 Å². The lowest BCUT2D eigenvalue weighted by Gasteiger charge is -2.16. The first-order chi connectivity index (χ1) is 14.7. The minimum Gasteiger partial charge on any atom is -0.482 e. The third kappa shape index (κ3) is 5.66. The van der Waals surface area contributed by atoms with Crippen LogP contribution in [-0.2, 0) is 9.59 Å². The molecule has 160 valence electrons. The minimum absolute atomic E-state index is 0.0857. The highest BCUT2D eigenvalue weighted by Gasteiger charge is 2.33. The predicted molar refractivity (Wildman–Crippen MR) is 123 cm³/mol. The number of nitrogens with zero attached hydrogens (tertiary/aromatic N) is 2. The van der Waals surface area contributed by atoms with E-state index in [1.807, 2.05) is 0 Å². The Kier molecular flexibility index (Phi) is 7.39. The molecule has 8 nitrogen and oxygen atoms in total. The third-order valence-electron chi connectivity index (χ3n) is 3.74. The molecule has 1 heterocycles. The molecule has 31 heavy (non-hydrogen) atoms. The van der Waals surface area contributed by atoms with E-state index in [9.17, 15) is 19.7 Å². The second kappa shape index (κ2) is 9.84. The molecule has 2 amide bonds. The Morgan fingerprint density at radius 1 is 1.23 bits per heavy atom. The van der Waals surface area contributed by atoms with Crippen LogP contribution in [0.25, 0.3) is 6.08 Å². The quantitative estimate of drug-likeness (QED) is 0.191. The van der Waals surface area contributed by atoms with Gasteiger partial charge in [-0.05, 0) is 29.9 Å². The van der Waals surface area contributed by atoms with Gasteiger partial charge in [0, 0.05) is 18.2 Å². The molecule has 2 aromatic rings. The predicted octanol–water partition coefficient (Wildman–Crippen LogP) is 4.87. The van der Waals surface area contributed by atoms with Crippen molar-refractivity contribution in [1.82, 2.24) is 10.4 Å². The largest absolute Gasteiger partial charge is 0.482 e. The molecule has 0 atom stereocenters. The molecular weight excluding hydrogens is 509 g/mol. The molecular formula is C18H10Cl3N3O5S2. The summed E-state index contributed by atoms with van der Waals surface area (Å²) in [6.45, 7) is -0.474. The fraction of sp³-hybridized carbons (Fsp3) is 0.0556. The number of carbonyl (C=O) groups excluding carboxylic acids is 2. The highest BCUT2D eigenvalue weighted by molar-refractivity contribution is 8.26. The number of halogens is 3. The van der Waals surface area contributed by atoms with Gasteiger partial charge in [0.15, 0.2) is 10.9 Å². The van der Waals surface area contributed by atoms with Crippen LogP contribution in [0, 0.1) is 10.1 Å². The van der Waals surface area contributed by atoms with Crippen molar-refractivity contribution >= 4 is 86.7 Å². The lowest BCUT2D eigenvalue weighted by molar-refractivity contribution is -0.384. The van der Waals surface area contributed by atoms with Gasteiger partial charge in [-0.25, -0.2) is 0 Å². The van der Waals surface area contributed by atoms with Crippen molar-refractivity contribution in [2.45, 2.75) is 0 Å². The molecule has 2 aromatic carbocycles. The first-order valence-electron chi connectivity index (χ1n) is 8.25. The van der Waals surface area contributed by atoms with E-state index < -0.39 is 23.3 Å². The van der Waals surface area contributed by atoms with Crippen LogP contribution in [0.1, 0.15) is 5.56 Å². The molecule has 0 unspecified atom stereocenters. The fourth-order valence-corrected chi connectivity index (χ4v) is 4.13. The average molecular weight is 519 g/mol. The van der Waals surface area contributed by atoms with Crippen molar-refractivity contribution in [2.24, 2.45) is 0 Å². The summed E-state index contributed by atoms with van der Waals surface area (Å²) in [5.74, 6) is -1.11. The maximum atomic E-state index is 12.6. The van der Waals surface area contributed by atoms with E-state index in [1.54, 1.807) is 6.07 Å². The molecule has 0 aromatic heterocycles. The van der Waals surface area contributed by atoms with Gasteiger partial charge < -0.3 is 4.74 Å². The number of thiocarbonyl (C=S) groups is 1. The molecule has 1 aliphatic rings. The summed E-state index contributed by atoms with van der Waals surface area (Å²) >= 11 is 23.8. The van der Waals surface area contributed by atoms with Crippen LogP contribution in [-0.4, -0.2) is 32.7 Å². The SMILES string of the molecule is O=C(COc1cc(Cl)c(Cl)cc1Cl)NN1C(=O)/C(=C/c2cccc([N+](=O)[O-])c2)SC1=S. The summed E-state index contributed by atoms with van der Waals surface area (Å²) < 4.78 is 5.41. The average Bonchev–Trinajstić information content (AvgIpc) is 2.97. The number of hydrogen-bond acceptors (Lipinski definition) is 7. The Labute approximate surface area is 200 Å². The van der Waals surface area contributed by atoms with Gasteiger partial charge >= 0.3 is 0 Å². The highest BCUT2D eigenvalue weighted by atomic mass is 35.5. The lowest BCUT2D eigenvalue weighted by Crippen LogP contribution is -2.46. The monoisotopic (exact) mass is 517 g/mol. The number of rotatable bonds is 6. The van der Waals surface area contributed by atoms with Crippen LogP contribution in [0.4, 0.5) is 5.69 Å². The molecule has 13 heteroatoms. The number of nitro groups is 1. The molecule has 0 bridgehead atoms. The number of non-ortho nitro benzene ring substituents is 1. The van der Waals surface area contributed by atoms with E-state index in [0.717, 1.165) is 16.8 Å². The molecule has 0 radical (unpaired) electrons. The van der Waals surface area contributed by atoms with E-state index in [4.69, 9.17) is 51.8 Å². The molecule has 0 spiro atoms. The van der Waals surface area contributed by atoms with Crippen molar-refractivity contribution in [2.75, 3.05) is 6.61 Å². The summed E-state index contributed by atoms with van der Waals surface area (Å²) in [5.41, 5.74) is 2.67. The number of hydrogen-bond donors (Lipinski definition) is 1. The standard InChI is InChI=1S/C18H10Cl3N3O5S2/c19-11-6-13(21)14(7-12(11)20)29-8-16(25)22-23-17(26)15(31-18(23)30)5-9-2-1-3-10(4-9)24(27)28/h1-7H,8H2,(H,22,25)/b15-5-. The third-order valence-corrected chi connectivity index (χ3v) is 6.06. The summed E-state index contributed by atoms with van der Waals surface area (Å²) in [6.07, 6.45) is 1.45. The van der Waals surface area contributed by atoms with Crippen LogP contribution >= 0.6 is 58.8 Å². The highest BCUT2D eigenvalue weighted by Crippen LogP contribution is 2.34. The number of nitrogens with one attached hydrogen (secondary N) is 1. The smallest absolute Gasteiger partial charge is 0.285 e. The molecule has 3 rings (SSSR count). The van der Waals surface area contributed by atoms with Gasteiger partial charge in [0.25, 0.3) is 17.5 Å². The van der Waals surface area contributed by atoms with Gasteiger partial charge in [0.1, 0.15) is 5.75 Å². The van der Waals surface area contributed by atoms with Crippen molar-refractivity contribution in [1.29, 1.82) is 0 Å². The van der Waals surface area contributed by atoms with Crippen LogP contribution in [0.15, 0.2) is 41.3 Å². The number of ether oxygens (including phenoxy) is 1. The van der Waals surface area contributed by atoms with Gasteiger partial charge in [-0.3, -0.25) is 25.1 Å². The van der Waals surface area contributed by atoms with Gasteiger partial charge in [0.05, 0.1) is 24.9 Å². The Balaban J connectivity index is 1.66. The summed E-state index contributed by atoms with van der Waals surface area (Å²) in [5, 5.41) is 12.4. The second-order valence-electron chi connectivity index (χ2n) is 5.89. The topological polar surface area (TPSA) is 102 Å². The van der Waals surface area contributed by atoms with Crippen molar-refractivity contribution in [3.63, 3.8) is 0 Å². The summed E-state index contributed by atoms with van der Waals surface area (Å²) in [7, 11) is 0. The Morgan fingerprint density at radius 2 is 1.94 bits per heavy atom. The molecule has 1 aliphatic heterocycles. The maximum absolute atomic E-state index is 12.6. The van der Waals surface area contributed by atoms with Crippen LogP contribution in [0.2, 0.25) is 15.1 Å². The van der Waals surface area contributed by atoms with E-state index >= 15 is 0 Å². The van der Waals surface area contributed by atoms with Gasteiger partial charge in [-0.1, -0.05) is 58.7 Å². The summed E-state index contributed by atoms with van der Waals surface area (Å²) in [6, 6.07) is 8.49. The Hall–Kier alpha value is -2.37. The zero-order valence-electron chi connectivity index (χ0n) is 15.1. The number of amides is 2. The molecule has 1 fully saturated rings. The van der Waals surface area contributed by atoms with Crippen LogP contribution in [0.3, 0.4) is 0 Å². The zero-order chi connectivity index (χ0) is 22.7. The Morgan fingerprint density at radius 3 is 2.65 bits per heavy atom. The van der Waals surface area contributed by atoms with Crippen LogP contribution in [0.5, 0.6) is 5.75 Å². The second-order valence-corrected chi connectivity index (χ2v) is 8.79. The zero-order valence-corrected chi connectivity index (χ0v) is 19.0. The van der Waals surface area contributed by atoms with Crippen molar-refractivity contribution in [3.8, 4) is 5.75 Å². The van der Waals surface area contributed by atoms with E-state index in [0.29, 0.717) is 5.56 Å². The molecule has 1 N–H and O–H groups in total. The molecule has 0 saturated carbocycles. The van der Waals surface area contributed by atoms with Crippen LogP contribution < -0.4 is 10.2 Å². The molecule has 0 aliphatic carbocycles. The summed E-state index contributed by atoms with van der Waals surface area (Å²) in [4.78, 5) is 35.4. The Bertz CT molecular complexity index is 1140. The van der Waals surface area contributed by atoms with Crippen molar-refractivity contribution < 1.29 is 19.2 Å². The van der Waals surface area contributed by atoms with E-state index in [-0.39, 0.29) is 35.7 Å². The maximum Gasteiger partial charge on any atom is 0.285 e. The fourth-order valence-electron chi connectivity index (χ4n) is 2.36. The van der Waals surface area contributed by atoms with E-state index in [1.165, 1.54) is 36.4 Å². The lowest BCUT2D eigenvalue weighted by atomic mass is 10.2. The number of hydrazine groups is 1. The van der Waals surface area contributed by atoms with Gasteiger partial charge in [0.2, 0.25) is 0 Å². The first kappa shape index (κ1) is 23.3. The van der Waals surface area contributed by atoms with Crippen molar-refractivity contribution in [3.05, 3.63) is 72.0 Å². The number of carbonyl (C=O) groups is 2. The number of benzene rings is 2. The number of thioether (sulfide) groups is 1. The van der Waals surface area contributed by atoms with Gasteiger partial charge in [-0.2, -0.15) is 5.01 Å². The minimum atomic E-state index is -0.671. The number of nitro benzene ring substituents is 1. The molecule has 1 saturated heterocycles. The normalized spacial score (nSPS) is 14.8.